The van der Waals surface area contributed by atoms with Crippen molar-refractivity contribution in [2.24, 2.45) is 0 Å². The molecule has 0 aromatic heterocycles. The number of benzene rings is 1. The number of rotatable bonds is 3. The van der Waals surface area contributed by atoms with Crippen LogP contribution in [0.25, 0.3) is 5.57 Å². The SMILES string of the molecule is CN/C=C(\C=N)c1cc(N)c(C)cc1C. The van der Waals surface area contributed by atoms with Gasteiger partial charge in [-0.3, -0.25) is 0 Å². The molecule has 0 spiro atoms. The molecular formula is C12H17N3. The molecule has 1 aromatic rings. The number of anilines is 1. The van der Waals surface area contributed by atoms with E-state index < -0.39 is 0 Å². The van der Waals surface area contributed by atoms with E-state index in [4.69, 9.17) is 11.1 Å². The lowest BCUT2D eigenvalue weighted by Crippen LogP contribution is -2.00. The van der Waals surface area contributed by atoms with E-state index in [0.717, 1.165) is 28.0 Å². The van der Waals surface area contributed by atoms with E-state index in [1.54, 1.807) is 6.20 Å². The lowest BCUT2D eigenvalue weighted by molar-refractivity contribution is 1.11. The highest BCUT2D eigenvalue weighted by molar-refractivity contribution is 6.09. The average Bonchev–Trinajstić information content (AvgIpc) is 2.20. The van der Waals surface area contributed by atoms with Crippen molar-refractivity contribution in [2.75, 3.05) is 12.8 Å². The number of nitrogen functional groups attached to an aromatic ring is 1. The smallest absolute Gasteiger partial charge is 0.0350 e. The normalized spacial score (nSPS) is 11.3. The van der Waals surface area contributed by atoms with Gasteiger partial charge in [-0.25, -0.2) is 0 Å². The molecular weight excluding hydrogens is 186 g/mol. The first-order valence-corrected chi connectivity index (χ1v) is 4.85. The van der Waals surface area contributed by atoms with Crippen molar-refractivity contribution in [2.45, 2.75) is 13.8 Å². The highest BCUT2D eigenvalue weighted by Gasteiger charge is 2.05. The molecule has 4 N–H and O–H groups in total. The van der Waals surface area contributed by atoms with Gasteiger partial charge in [0.1, 0.15) is 0 Å². The molecule has 0 fully saturated rings. The second-order valence-corrected chi connectivity index (χ2v) is 3.56. The molecule has 0 saturated heterocycles. The molecule has 80 valence electrons. The molecule has 0 aliphatic rings. The maximum Gasteiger partial charge on any atom is 0.0350 e. The molecule has 0 aliphatic carbocycles. The van der Waals surface area contributed by atoms with Gasteiger partial charge in [-0.2, -0.15) is 0 Å². The number of nitrogens with one attached hydrogen (secondary N) is 2. The Kier molecular flexibility index (Phi) is 3.50. The topological polar surface area (TPSA) is 61.9 Å². The van der Waals surface area contributed by atoms with Crippen molar-refractivity contribution >= 4 is 17.5 Å². The Morgan fingerprint density at radius 3 is 2.53 bits per heavy atom. The molecule has 0 bridgehead atoms. The van der Waals surface area contributed by atoms with E-state index in [9.17, 15) is 0 Å². The number of hydrogen-bond acceptors (Lipinski definition) is 3. The van der Waals surface area contributed by atoms with Crippen molar-refractivity contribution < 1.29 is 0 Å². The van der Waals surface area contributed by atoms with E-state index in [2.05, 4.69) is 5.32 Å². The van der Waals surface area contributed by atoms with Crippen LogP contribution in [0.3, 0.4) is 0 Å². The summed E-state index contributed by atoms with van der Waals surface area (Å²) in [5.41, 5.74) is 10.7. The molecule has 1 aromatic carbocycles. The zero-order valence-electron chi connectivity index (χ0n) is 9.39. The van der Waals surface area contributed by atoms with Crippen molar-refractivity contribution in [3.05, 3.63) is 35.0 Å². The van der Waals surface area contributed by atoms with E-state index in [-0.39, 0.29) is 0 Å². The summed E-state index contributed by atoms with van der Waals surface area (Å²) in [5.74, 6) is 0. The quantitative estimate of drug-likeness (QED) is 0.520. The summed E-state index contributed by atoms with van der Waals surface area (Å²) in [7, 11) is 1.82. The van der Waals surface area contributed by atoms with Gasteiger partial charge in [0.15, 0.2) is 0 Å². The highest BCUT2D eigenvalue weighted by atomic mass is 14.8. The Morgan fingerprint density at radius 2 is 2.00 bits per heavy atom. The van der Waals surface area contributed by atoms with Crippen LogP contribution in [-0.4, -0.2) is 13.3 Å². The largest absolute Gasteiger partial charge is 0.398 e. The molecule has 3 heteroatoms. The summed E-state index contributed by atoms with van der Waals surface area (Å²) < 4.78 is 0. The third-order valence-electron chi connectivity index (χ3n) is 2.38. The maximum atomic E-state index is 7.35. The summed E-state index contributed by atoms with van der Waals surface area (Å²) in [6, 6.07) is 3.95. The van der Waals surface area contributed by atoms with Gasteiger partial charge in [0.05, 0.1) is 0 Å². The van der Waals surface area contributed by atoms with Crippen molar-refractivity contribution in [3.8, 4) is 0 Å². The predicted molar refractivity (Wildman–Crippen MR) is 66.1 cm³/mol. The van der Waals surface area contributed by atoms with Crippen LogP contribution in [-0.2, 0) is 0 Å². The number of hydrogen-bond donors (Lipinski definition) is 3. The number of nitrogens with two attached hydrogens (primary N) is 1. The molecule has 0 heterocycles. The molecule has 0 radical (unpaired) electrons. The highest BCUT2D eigenvalue weighted by Crippen LogP contribution is 2.22. The average molecular weight is 203 g/mol. The van der Waals surface area contributed by atoms with Crippen LogP contribution in [0.5, 0.6) is 0 Å². The molecule has 1 rings (SSSR count). The minimum Gasteiger partial charge on any atom is -0.398 e. The van der Waals surface area contributed by atoms with Crippen LogP contribution >= 0.6 is 0 Å². The molecule has 0 amide bonds. The third kappa shape index (κ3) is 2.37. The van der Waals surface area contributed by atoms with Gasteiger partial charge < -0.3 is 16.5 Å². The molecule has 3 nitrogen and oxygen atoms in total. The first-order chi connectivity index (χ1) is 7.10. The Labute approximate surface area is 90.5 Å². The first kappa shape index (κ1) is 11.3. The molecule has 0 saturated carbocycles. The van der Waals surface area contributed by atoms with Gasteiger partial charge in [0, 0.05) is 30.7 Å². The van der Waals surface area contributed by atoms with E-state index in [1.165, 1.54) is 6.21 Å². The van der Waals surface area contributed by atoms with E-state index in [0.29, 0.717) is 0 Å². The fraction of sp³-hybridized carbons (Fsp3) is 0.250. The standard InChI is InChI=1S/C12H17N3/c1-8-4-9(2)12(14)5-11(8)10(6-13)7-15-3/h4-7,13,15H,14H2,1-3H3/b10-7+,13-6?. The van der Waals surface area contributed by atoms with Gasteiger partial charge in [0.25, 0.3) is 0 Å². The fourth-order valence-corrected chi connectivity index (χ4v) is 1.53. The van der Waals surface area contributed by atoms with E-state index in [1.807, 2.05) is 33.0 Å². The second kappa shape index (κ2) is 4.64. The summed E-state index contributed by atoms with van der Waals surface area (Å²) in [4.78, 5) is 0. The molecule has 15 heavy (non-hydrogen) atoms. The summed E-state index contributed by atoms with van der Waals surface area (Å²) in [5, 5.41) is 10.3. The Bertz CT molecular complexity index is 406. The van der Waals surface area contributed by atoms with Crippen LogP contribution < -0.4 is 11.1 Å². The molecule has 0 atom stereocenters. The van der Waals surface area contributed by atoms with Crippen molar-refractivity contribution in [3.63, 3.8) is 0 Å². The Hall–Kier alpha value is -1.77. The minimum atomic E-state index is 0.763. The van der Waals surface area contributed by atoms with Crippen LogP contribution in [0.2, 0.25) is 0 Å². The summed E-state index contributed by atoms with van der Waals surface area (Å²) in [6.45, 7) is 4.01. The third-order valence-corrected chi connectivity index (χ3v) is 2.38. The van der Waals surface area contributed by atoms with Crippen LogP contribution in [0.15, 0.2) is 18.3 Å². The lowest BCUT2D eigenvalue weighted by atomic mass is 9.98. The van der Waals surface area contributed by atoms with Crippen LogP contribution in [0.4, 0.5) is 5.69 Å². The zero-order valence-corrected chi connectivity index (χ0v) is 9.39. The minimum absolute atomic E-state index is 0.763. The Morgan fingerprint density at radius 1 is 1.33 bits per heavy atom. The van der Waals surface area contributed by atoms with E-state index >= 15 is 0 Å². The predicted octanol–water partition coefficient (Wildman–Crippen LogP) is 2.10. The van der Waals surface area contributed by atoms with Gasteiger partial charge >= 0.3 is 0 Å². The summed E-state index contributed by atoms with van der Waals surface area (Å²) >= 11 is 0. The fourth-order valence-electron chi connectivity index (χ4n) is 1.53. The van der Waals surface area contributed by atoms with Gasteiger partial charge in [0.2, 0.25) is 0 Å². The maximum absolute atomic E-state index is 7.35. The number of allylic oxidation sites excluding steroid dienone is 1. The number of aryl methyl sites for hydroxylation is 2. The monoisotopic (exact) mass is 203 g/mol. The summed E-state index contributed by atoms with van der Waals surface area (Å²) in [6.07, 6.45) is 3.12. The van der Waals surface area contributed by atoms with Crippen molar-refractivity contribution in [1.82, 2.24) is 5.32 Å². The van der Waals surface area contributed by atoms with Crippen LogP contribution in [0.1, 0.15) is 16.7 Å². The van der Waals surface area contributed by atoms with Crippen LogP contribution in [0, 0.1) is 19.3 Å². The zero-order chi connectivity index (χ0) is 11.4. The lowest BCUT2D eigenvalue weighted by Gasteiger charge is -2.10. The van der Waals surface area contributed by atoms with Gasteiger partial charge in [-0.05, 0) is 36.6 Å². The van der Waals surface area contributed by atoms with Gasteiger partial charge in [-0.1, -0.05) is 6.07 Å². The van der Waals surface area contributed by atoms with Gasteiger partial charge in [-0.15, -0.1) is 0 Å². The first-order valence-electron chi connectivity index (χ1n) is 4.85. The molecule has 0 unspecified atom stereocenters. The second-order valence-electron chi connectivity index (χ2n) is 3.56. The van der Waals surface area contributed by atoms with Crippen molar-refractivity contribution in [1.29, 1.82) is 5.41 Å². The Balaban J connectivity index is 3.30. The molecule has 0 aliphatic heterocycles.